The third-order valence-corrected chi connectivity index (χ3v) is 23.7. The van der Waals surface area contributed by atoms with E-state index in [1.807, 2.05) is 24.3 Å². The van der Waals surface area contributed by atoms with Crippen molar-refractivity contribution < 1.29 is 57.7 Å². The van der Waals surface area contributed by atoms with Crippen LogP contribution >= 0.6 is 0 Å². The van der Waals surface area contributed by atoms with E-state index in [9.17, 15) is 19.8 Å². The highest BCUT2D eigenvalue weighted by Gasteiger charge is 2.29. The molecule has 2 aliphatic carbocycles. The minimum absolute atomic E-state index is 0.230. The Morgan fingerprint density at radius 3 is 0.521 bits per heavy atom. The van der Waals surface area contributed by atoms with Gasteiger partial charge in [-0.25, -0.2) is 9.59 Å². The van der Waals surface area contributed by atoms with E-state index in [-0.39, 0.29) is 11.1 Å². The summed E-state index contributed by atoms with van der Waals surface area (Å²) in [5.74, 6) is 4.63. The van der Waals surface area contributed by atoms with Gasteiger partial charge >= 0.3 is 11.9 Å². The van der Waals surface area contributed by atoms with E-state index in [0.29, 0.717) is 111 Å². The molecular weight excluding hydrogens is 1480 g/mol. The van der Waals surface area contributed by atoms with Crippen LogP contribution in [0.4, 0.5) is 0 Å². The van der Waals surface area contributed by atoms with Gasteiger partial charge in [-0.15, -0.1) is 0 Å². The van der Waals surface area contributed by atoms with Crippen molar-refractivity contribution in [3.8, 4) is 46.0 Å². The molecule has 0 atom stereocenters. The zero-order chi connectivity index (χ0) is 83.8. The number of unbranched alkanes of at least 4 members (excludes halogenated alkanes) is 24. The molecule has 16 bridgehead atoms. The maximum atomic E-state index is 13.5. The SMILES string of the molecule is CCCCCCOc1c2cccc1Cc1cc(C(=O)O)cc(c1OCCCCCC)Cc1cccc(c1OCCCCCC)Cc1cc(Cc3cc4c(OCCCCCC)c(c3)Cc3cccc(c3OCCCCCC)Cc3cc(C(=O)O)cc(c3OCCCCCC)Cc3cccc(c3OCCCCCC)C4)cc(c1OCCCCCC)C2. The van der Waals surface area contributed by atoms with Crippen molar-refractivity contribution in [1.29, 1.82) is 0 Å². The number of benzene rings is 8. The molecule has 0 aromatic heterocycles. The molecule has 8 aromatic carbocycles. The molecule has 0 saturated heterocycles. The molecule has 2 N–H and O–H groups in total. The Kier molecular flexibility index (Phi) is 39.6. The van der Waals surface area contributed by atoms with E-state index < -0.39 is 11.9 Å². The first kappa shape index (κ1) is 92.4. The van der Waals surface area contributed by atoms with Gasteiger partial charge in [-0.1, -0.05) is 307 Å². The fourth-order valence-electron chi connectivity index (χ4n) is 17.3. The lowest BCUT2D eigenvalue weighted by Crippen LogP contribution is -2.12. The second-order valence-corrected chi connectivity index (χ2v) is 33.8. The Balaban J connectivity index is 1.23. The number of hydrogen-bond donors (Lipinski definition) is 2. The first-order valence-corrected chi connectivity index (χ1v) is 46.9. The van der Waals surface area contributed by atoms with E-state index in [2.05, 4.69) is 152 Å². The van der Waals surface area contributed by atoms with Crippen LogP contribution < -0.4 is 37.9 Å². The van der Waals surface area contributed by atoms with E-state index in [1.165, 1.54) is 0 Å². The Hall–Kier alpha value is -8.90. The Labute approximate surface area is 715 Å². The second-order valence-electron chi connectivity index (χ2n) is 33.8. The summed E-state index contributed by atoms with van der Waals surface area (Å²) in [6.45, 7) is 22.3. The number of hydrogen-bond acceptors (Lipinski definition) is 10. The predicted molar refractivity (Wildman–Crippen MR) is 488 cm³/mol. The van der Waals surface area contributed by atoms with Crippen LogP contribution in [0.1, 0.15) is 382 Å². The van der Waals surface area contributed by atoms with Gasteiger partial charge in [0.1, 0.15) is 46.0 Å². The van der Waals surface area contributed by atoms with Crippen LogP contribution in [-0.4, -0.2) is 75.0 Å². The minimum Gasteiger partial charge on any atom is -0.493 e. The van der Waals surface area contributed by atoms with Crippen molar-refractivity contribution >= 4 is 11.9 Å². The van der Waals surface area contributed by atoms with E-state index in [1.54, 1.807) is 0 Å². The molecule has 0 spiro atoms. The van der Waals surface area contributed by atoms with Crippen LogP contribution in [0.25, 0.3) is 0 Å². The topological polar surface area (TPSA) is 148 Å². The van der Waals surface area contributed by atoms with Gasteiger partial charge in [-0.2, -0.15) is 0 Å². The zero-order valence-corrected chi connectivity index (χ0v) is 74.2. The highest BCUT2D eigenvalue weighted by atomic mass is 16.5. The van der Waals surface area contributed by atoms with Crippen molar-refractivity contribution in [2.24, 2.45) is 0 Å². The summed E-state index contributed by atoms with van der Waals surface area (Å²) < 4.78 is 58.0. The summed E-state index contributed by atoms with van der Waals surface area (Å²) in [6, 6.07) is 43.3. The predicted octanol–water partition coefficient (Wildman–Crippen LogP) is 27.7. The fraction of sp³-hybridized carbons (Fsp3) is 0.533. The molecule has 10 rings (SSSR count). The van der Waals surface area contributed by atoms with Gasteiger partial charge in [0, 0.05) is 51.4 Å². The average molecular weight is 1620 g/mol. The Morgan fingerprint density at radius 1 is 0.218 bits per heavy atom. The van der Waals surface area contributed by atoms with E-state index >= 15 is 0 Å². The Bertz CT molecular complexity index is 3930. The standard InChI is InChI=1S/C107H144O12/c1-9-17-25-33-53-112-98-80-45-41-49-84(98)70-92-74-96(106(108)109)75-93(104(92)118-59-39-31-23-15-7)71-85-50-42-46-81(99(85)113-54-34-26-18-10-2)67-89-63-78(62-88(66-80)102(89)116-57-37-29-21-13-5)61-79-64-90-68-82-47-43-51-86(100(82)114-55-35-27-19-11-3)72-94-76-97(107(110)111)77-95(105(94)119-60-40-32-24-16-8)73-87-52-44-48-83(101(87)115-56-36-28-20-12-4)69-91(65-79)103(90)117-58-38-30-22-14-6/h41-52,62-65,74-77H,9-40,53-61,66-73H2,1-8H3,(H,108,109)(H,110,111). The highest BCUT2D eigenvalue weighted by molar-refractivity contribution is 5.89. The molecule has 0 fully saturated rings. The van der Waals surface area contributed by atoms with Crippen molar-refractivity contribution in [2.45, 2.75) is 319 Å². The lowest BCUT2D eigenvalue weighted by Gasteiger charge is -2.24. The lowest BCUT2D eigenvalue weighted by molar-refractivity contribution is 0.0685. The number of fused-ring (bicyclic) bond motifs is 16. The van der Waals surface area contributed by atoms with E-state index in [0.717, 1.165) is 352 Å². The first-order valence-electron chi connectivity index (χ1n) is 46.9. The summed E-state index contributed by atoms with van der Waals surface area (Å²) in [5, 5.41) is 22.1. The van der Waals surface area contributed by atoms with Crippen LogP contribution in [0.5, 0.6) is 46.0 Å². The summed E-state index contributed by atoms with van der Waals surface area (Å²) >= 11 is 0. The highest BCUT2D eigenvalue weighted by Crippen LogP contribution is 2.45. The molecule has 119 heavy (non-hydrogen) atoms. The zero-order valence-electron chi connectivity index (χ0n) is 74.2. The van der Waals surface area contributed by atoms with Gasteiger partial charge in [-0.05, 0) is 182 Å². The van der Waals surface area contributed by atoms with Crippen LogP contribution in [0.2, 0.25) is 0 Å². The molecule has 12 heteroatoms. The number of para-hydroxylation sites is 4. The fourth-order valence-corrected chi connectivity index (χ4v) is 17.3. The van der Waals surface area contributed by atoms with Gasteiger partial charge in [0.25, 0.3) is 0 Å². The third-order valence-electron chi connectivity index (χ3n) is 23.7. The molecule has 0 heterocycles. The van der Waals surface area contributed by atoms with Gasteiger partial charge in [0.05, 0.1) is 64.0 Å². The largest absolute Gasteiger partial charge is 0.493 e. The molecule has 0 amide bonds. The number of ether oxygens (including phenoxy) is 8. The Morgan fingerprint density at radius 2 is 0.370 bits per heavy atom. The third kappa shape index (κ3) is 28.1. The summed E-state index contributed by atoms with van der Waals surface area (Å²) in [7, 11) is 0. The summed E-state index contributed by atoms with van der Waals surface area (Å²) in [4.78, 5) is 27.0. The maximum Gasteiger partial charge on any atom is 0.335 e. The summed E-state index contributed by atoms with van der Waals surface area (Å²) in [5.41, 5.74) is 18.5. The van der Waals surface area contributed by atoms with Gasteiger partial charge < -0.3 is 48.1 Å². The molecular formula is C107H144O12. The number of rotatable bonds is 52. The first-order chi connectivity index (χ1) is 58.4. The molecule has 644 valence electrons. The average Bonchev–Trinajstić information content (AvgIpc) is 0.779. The molecule has 0 aliphatic heterocycles. The molecule has 0 saturated carbocycles. The van der Waals surface area contributed by atoms with Crippen LogP contribution in [0.15, 0.2) is 121 Å². The number of aromatic carboxylic acids is 2. The van der Waals surface area contributed by atoms with Crippen molar-refractivity contribution in [1.82, 2.24) is 0 Å². The van der Waals surface area contributed by atoms with Crippen molar-refractivity contribution in [3.63, 3.8) is 0 Å². The van der Waals surface area contributed by atoms with Gasteiger partial charge in [0.15, 0.2) is 0 Å². The molecule has 12 nitrogen and oxygen atoms in total. The van der Waals surface area contributed by atoms with Crippen molar-refractivity contribution in [3.05, 3.63) is 233 Å². The minimum atomic E-state index is -0.977. The van der Waals surface area contributed by atoms with Crippen molar-refractivity contribution in [2.75, 3.05) is 52.9 Å². The monoisotopic (exact) mass is 1620 g/mol. The van der Waals surface area contributed by atoms with Crippen LogP contribution in [-0.2, 0) is 57.8 Å². The number of carbonyl (C=O) groups is 2. The van der Waals surface area contributed by atoms with Gasteiger partial charge in [-0.3, -0.25) is 0 Å². The second kappa shape index (κ2) is 51.0. The van der Waals surface area contributed by atoms with Gasteiger partial charge in [0.2, 0.25) is 0 Å². The molecule has 8 aromatic rings. The quantitative estimate of drug-likeness (QED) is 0.0350. The van der Waals surface area contributed by atoms with Crippen LogP contribution in [0.3, 0.4) is 0 Å². The molecule has 2 aliphatic rings. The van der Waals surface area contributed by atoms with Crippen LogP contribution in [0, 0.1) is 0 Å². The smallest absolute Gasteiger partial charge is 0.335 e. The van der Waals surface area contributed by atoms with E-state index in [4.69, 9.17) is 37.9 Å². The summed E-state index contributed by atoms with van der Waals surface area (Å²) in [6.07, 6.45) is 37.8. The normalized spacial score (nSPS) is 12.4. The molecule has 0 unspecified atom stereocenters. The molecule has 0 radical (unpaired) electrons. The number of carboxylic acid groups (broad SMARTS) is 2. The number of carboxylic acids is 2. The maximum absolute atomic E-state index is 13.5. The lowest BCUT2D eigenvalue weighted by atomic mass is 9.87.